The molecule has 8 nitrogen and oxygen atoms in total. The molecular formula is C27H35ClN2O6. The molecule has 0 radical (unpaired) electrons. The number of hydrogen-bond acceptors (Lipinski definition) is 5. The molecule has 3 fully saturated rings. The van der Waals surface area contributed by atoms with Crippen molar-refractivity contribution in [2.24, 2.45) is 23.7 Å². The zero-order valence-electron chi connectivity index (χ0n) is 21.2. The van der Waals surface area contributed by atoms with Gasteiger partial charge in [-0.1, -0.05) is 44.9 Å². The van der Waals surface area contributed by atoms with Crippen LogP contribution in [0.4, 0.5) is 5.69 Å². The highest BCUT2D eigenvalue weighted by Gasteiger charge is 2.80. The van der Waals surface area contributed by atoms with Crippen LogP contribution in [0.5, 0.6) is 0 Å². The van der Waals surface area contributed by atoms with Crippen LogP contribution in [0.25, 0.3) is 0 Å². The number of carboxylic acid groups (broad SMARTS) is 1. The van der Waals surface area contributed by atoms with Gasteiger partial charge in [0.05, 0.1) is 24.2 Å². The average Bonchev–Trinajstić information content (AvgIpc) is 3.35. The maximum Gasteiger partial charge on any atom is 0.310 e. The number of anilines is 1. The van der Waals surface area contributed by atoms with Gasteiger partial charge in [0, 0.05) is 17.3 Å². The molecule has 2 bridgehead atoms. The molecule has 1 aromatic carbocycles. The number of benzene rings is 1. The van der Waals surface area contributed by atoms with Crippen molar-refractivity contribution in [3.8, 4) is 0 Å². The molecule has 4 rings (SSSR count). The van der Waals surface area contributed by atoms with Crippen LogP contribution in [0.15, 0.2) is 36.9 Å². The van der Waals surface area contributed by atoms with Gasteiger partial charge in [-0.3, -0.25) is 14.4 Å². The number of carbonyl (C=O) groups is 3. The number of halogens is 1. The maximum atomic E-state index is 14.5. The van der Waals surface area contributed by atoms with Crippen molar-refractivity contribution in [1.82, 2.24) is 4.90 Å². The van der Waals surface area contributed by atoms with Crippen LogP contribution in [0, 0.1) is 23.7 Å². The normalized spacial score (nSPS) is 34.4. The summed E-state index contributed by atoms with van der Waals surface area (Å²) in [6, 6.07) is 5.04. The van der Waals surface area contributed by atoms with E-state index in [0.717, 1.165) is 0 Å². The second kappa shape index (κ2) is 9.47. The second-order valence-electron chi connectivity index (χ2n) is 10.6. The van der Waals surface area contributed by atoms with Crippen molar-refractivity contribution < 1.29 is 29.3 Å². The van der Waals surface area contributed by atoms with Crippen LogP contribution < -0.4 is 4.90 Å². The SMILES string of the molecule is C=CCN(C(=O)C1N([C@@H](CO)[C@@H](C)CC)C(=O)[C@@H]2[C@H](C(=O)O)[C@@]3(C)OC12CC3C)c1ccc(Cl)cc1. The van der Waals surface area contributed by atoms with Crippen LogP contribution in [-0.2, 0) is 19.1 Å². The lowest BCUT2D eigenvalue weighted by atomic mass is 9.62. The number of carboxylic acids is 1. The minimum Gasteiger partial charge on any atom is -0.481 e. The van der Waals surface area contributed by atoms with Gasteiger partial charge in [0.2, 0.25) is 5.91 Å². The molecule has 3 aliphatic rings. The van der Waals surface area contributed by atoms with E-state index in [1.54, 1.807) is 37.3 Å². The fraction of sp³-hybridized carbons (Fsp3) is 0.593. The number of aliphatic carboxylic acids is 1. The summed E-state index contributed by atoms with van der Waals surface area (Å²) in [6.45, 7) is 11.1. The van der Waals surface area contributed by atoms with Crippen LogP contribution in [0.3, 0.4) is 0 Å². The molecule has 2 N–H and O–H groups in total. The molecule has 0 aliphatic carbocycles. The number of ether oxygens (including phenoxy) is 1. The third-order valence-electron chi connectivity index (χ3n) is 8.81. The fourth-order valence-corrected chi connectivity index (χ4v) is 6.85. The number of aliphatic hydroxyl groups excluding tert-OH is 1. The number of fused-ring (bicyclic) bond motifs is 1. The lowest BCUT2D eigenvalue weighted by molar-refractivity contribution is -0.158. The van der Waals surface area contributed by atoms with Gasteiger partial charge in [-0.25, -0.2) is 0 Å². The second-order valence-corrected chi connectivity index (χ2v) is 11.1. The largest absolute Gasteiger partial charge is 0.481 e. The molecule has 3 saturated heterocycles. The summed E-state index contributed by atoms with van der Waals surface area (Å²) in [5.41, 5.74) is -1.81. The van der Waals surface area contributed by atoms with Gasteiger partial charge in [0.15, 0.2) is 0 Å². The molecule has 0 saturated carbocycles. The van der Waals surface area contributed by atoms with E-state index in [2.05, 4.69) is 6.58 Å². The number of carbonyl (C=O) groups excluding carboxylic acids is 2. The van der Waals surface area contributed by atoms with E-state index in [1.165, 1.54) is 9.80 Å². The van der Waals surface area contributed by atoms with Gasteiger partial charge in [-0.15, -0.1) is 6.58 Å². The zero-order chi connectivity index (χ0) is 26.6. The van der Waals surface area contributed by atoms with Crippen molar-refractivity contribution in [3.05, 3.63) is 41.9 Å². The molecule has 196 valence electrons. The zero-order valence-corrected chi connectivity index (χ0v) is 21.9. The van der Waals surface area contributed by atoms with E-state index < -0.39 is 52.9 Å². The van der Waals surface area contributed by atoms with Crippen LogP contribution in [0.1, 0.15) is 40.5 Å². The minimum absolute atomic E-state index is 0.124. The van der Waals surface area contributed by atoms with Gasteiger partial charge >= 0.3 is 5.97 Å². The summed E-state index contributed by atoms with van der Waals surface area (Å²) in [4.78, 5) is 44.0. The van der Waals surface area contributed by atoms with Gasteiger partial charge in [-0.05, 0) is 49.4 Å². The van der Waals surface area contributed by atoms with Crippen LogP contribution in [0.2, 0.25) is 5.02 Å². The van der Waals surface area contributed by atoms with E-state index in [4.69, 9.17) is 16.3 Å². The predicted molar refractivity (Wildman–Crippen MR) is 136 cm³/mol. The van der Waals surface area contributed by atoms with Gasteiger partial charge in [0.25, 0.3) is 5.91 Å². The Bertz CT molecular complexity index is 1060. The summed E-state index contributed by atoms with van der Waals surface area (Å²) < 4.78 is 6.56. The topological polar surface area (TPSA) is 107 Å². The Morgan fingerprint density at radius 1 is 1.36 bits per heavy atom. The van der Waals surface area contributed by atoms with Crippen molar-refractivity contribution in [3.63, 3.8) is 0 Å². The highest BCUT2D eigenvalue weighted by atomic mass is 35.5. The van der Waals surface area contributed by atoms with Crippen LogP contribution >= 0.6 is 11.6 Å². The quantitative estimate of drug-likeness (QED) is 0.485. The number of hydrogen-bond donors (Lipinski definition) is 2. The van der Waals surface area contributed by atoms with Gasteiger partial charge in [-0.2, -0.15) is 0 Å². The monoisotopic (exact) mass is 518 g/mol. The summed E-state index contributed by atoms with van der Waals surface area (Å²) in [7, 11) is 0. The average molecular weight is 519 g/mol. The molecule has 3 unspecified atom stereocenters. The Morgan fingerprint density at radius 2 is 2.00 bits per heavy atom. The van der Waals surface area contributed by atoms with Crippen molar-refractivity contribution >= 4 is 35.1 Å². The van der Waals surface area contributed by atoms with Gasteiger partial charge in [0.1, 0.15) is 17.6 Å². The molecule has 2 amide bonds. The van der Waals surface area contributed by atoms with E-state index in [9.17, 15) is 24.6 Å². The maximum absolute atomic E-state index is 14.5. The first kappa shape index (κ1) is 26.6. The molecule has 8 atom stereocenters. The Labute approximate surface area is 216 Å². The highest BCUT2D eigenvalue weighted by Crippen LogP contribution is 2.65. The number of nitrogens with zero attached hydrogens (tertiary/aromatic N) is 2. The third-order valence-corrected chi connectivity index (χ3v) is 9.07. The Hall–Kier alpha value is -2.42. The predicted octanol–water partition coefficient (Wildman–Crippen LogP) is 3.36. The van der Waals surface area contributed by atoms with Crippen molar-refractivity contribution in [2.75, 3.05) is 18.1 Å². The number of aliphatic hydroxyl groups is 1. The summed E-state index contributed by atoms with van der Waals surface area (Å²) in [5.74, 6) is -4.35. The fourth-order valence-electron chi connectivity index (χ4n) is 6.72. The molecule has 9 heteroatoms. The number of likely N-dealkylation sites (tertiary alicyclic amines) is 1. The summed E-state index contributed by atoms with van der Waals surface area (Å²) in [6.07, 6.45) is 2.63. The van der Waals surface area contributed by atoms with Crippen molar-refractivity contribution in [2.45, 2.75) is 63.8 Å². The molecule has 3 aliphatic heterocycles. The van der Waals surface area contributed by atoms with E-state index >= 15 is 0 Å². The van der Waals surface area contributed by atoms with E-state index in [-0.39, 0.29) is 25.0 Å². The molecule has 1 aromatic rings. The van der Waals surface area contributed by atoms with Crippen molar-refractivity contribution in [1.29, 1.82) is 0 Å². The lowest BCUT2D eigenvalue weighted by Crippen LogP contribution is -2.60. The first-order chi connectivity index (χ1) is 17.0. The Balaban J connectivity index is 1.90. The van der Waals surface area contributed by atoms with Gasteiger partial charge < -0.3 is 24.7 Å². The van der Waals surface area contributed by atoms with E-state index in [1.807, 2.05) is 20.8 Å². The third kappa shape index (κ3) is 3.68. The Kier molecular flexibility index (Phi) is 7.01. The standard InChI is InChI=1S/C27H35ClN2O6/c1-6-12-29(18-10-8-17(28)9-11-18)24(33)22-27-13-16(4)26(5,36-27)21(25(34)35)20(27)23(32)30(22)19(14-31)15(3)7-2/h6,8-11,15-16,19-22,31H,1,7,12-14H2,2-5H3,(H,34,35)/t15-,16?,19-,20-,21+,22?,26-,27?/m0/s1. The van der Waals surface area contributed by atoms with Crippen LogP contribution in [-0.4, -0.2) is 69.3 Å². The lowest BCUT2D eigenvalue weighted by Gasteiger charge is -2.41. The minimum atomic E-state index is -1.31. The highest BCUT2D eigenvalue weighted by molar-refractivity contribution is 6.30. The smallest absolute Gasteiger partial charge is 0.310 e. The summed E-state index contributed by atoms with van der Waals surface area (Å²) in [5, 5.41) is 21.1. The first-order valence-electron chi connectivity index (χ1n) is 12.5. The first-order valence-corrected chi connectivity index (χ1v) is 12.9. The number of rotatable bonds is 9. The number of amides is 2. The molecular weight excluding hydrogens is 484 g/mol. The molecule has 36 heavy (non-hydrogen) atoms. The van der Waals surface area contributed by atoms with E-state index in [0.29, 0.717) is 23.6 Å². The molecule has 0 aromatic heterocycles. The summed E-state index contributed by atoms with van der Waals surface area (Å²) >= 11 is 6.07. The molecule has 3 heterocycles. The molecule has 1 spiro atoms. The Morgan fingerprint density at radius 3 is 2.53 bits per heavy atom.